The van der Waals surface area contributed by atoms with Crippen molar-refractivity contribution in [2.75, 3.05) is 6.61 Å². The molecular weight excluding hydrogens is 232 g/mol. The molecule has 0 saturated heterocycles. The van der Waals surface area contributed by atoms with E-state index in [1.807, 2.05) is 18.2 Å². The van der Waals surface area contributed by atoms with Crippen molar-refractivity contribution < 1.29 is 9.84 Å². The fourth-order valence-corrected chi connectivity index (χ4v) is 1.75. The van der Waals surface area contributed by atoms with Crippen molar-refractivity contribution in [3.05, 3.63) is 35.9 Å². The van der Waals surface area contributed by atoms with Gasteiger partial charge in [0.2, 0.25) is 0 Å². The van der Waals surface area contributed by atoms with Gasteiger partial charge in [0.05, 0.1) is 12.2 Å². The third-order valence-electron chi connectivity index (χ3n) is 2.54. The summed E-state index contributed by atoms with van der Waals surface area (Å²) >= 11 is 4.06. The highest BCUT2D eigenvalue weighted by Crippen LogP contribution is 2.20. The Labute approximate surface area is 109 Å². The zero-order valence-corrected chi connectivity index (χ0v) is 11.7. The van der Waals surface area contributed by atoms with Gasteiger partial charge >= 0.3 is 0 Å². The van der Waals surface area contributed by atoms with E-state index in [0.717, 1.165) is 6.42 Å². The monoisotopic (exact) mass is 254 g/mol. The third kappa shape index (κ3) is 6.71. The molecule has 1 rings (SSSR count). The van der Waals surface area contributed by atoms with Gasteiger partial charge < -0.3 is 9.84 Å². The molecule has 1 aromatic rings. The smallest absolute Gasteiger partial charge is 0.107 e. The lowest BCUT2D eigenvalue weighted by molar-refractivity contribution is -0.0325. The van der Waals surface area contributed by atoms with Crippen LogP contribution < -0.4 is 0 Å². The molecule has 3 heteroatoms. The molecule has 0 aliphatic heterocycles. The van der Waals surface area contributed by atoms with Gasteiger partial charge in [0, 0.05) is 12.8 Å². The van der Waals surface area contributed by atoms with Crippen LogP contribution in [0.15, 0.2) is 30.3 Å². The summed E-state index contributed by atoms with van der Waals surface area (Å²) in [6.45, 7) is 6.31. The van der Waals surface area contributed by atoms with Crippen LogP contribution in [0.4, 0.5) is 0 Å². The molecule has 0 aromatic heterocycles. The molecule has 0 aliphatic rings. The number of benzene rings is 1. The zero-order chi connectivity index (χ0) is 12.9. The van der Waals surface area contributed by atoms with Crippen molar-refractivity contribution in [2.24, 2.45) is 0 Å². The largest absolute Gasteiger partial charge is 0.380 e. The van der Waals surface area contributed by atoms with Gasteiger partial charge in [-0.05, 0) is 26.3 Å². The number of rotatable bonds is 6. The minimum absolute atomic E-state index is 0.222. The van der Waals surface area contributed by atoms with Gasteiger partial charge in [0.15, 0.2) is 0 Å². The molecule has 1 atom stereocenters. The van der Waals surface area contributed by atoms with E-state index >= 15 is 0 Å². The van der Waals surface area contributed by atoms with Gasteiger partial charge in [-0.2, -0.15) is 0 Å². The van der Waals surface area contributed by atoms with E-state index in [1.54, 1.807) is 6.92 Å². The van der Waals surface area contributed by atoms with Crippen LogP contribution in [0, 0.1) is 0 Å². The Balaban J connectivity index is 2.41. The predicted octanol–water partition coefficient (Wildman–Crippen LogP) is 3.05. The number of ether oxygens (including phenoxy) is 1. The first-order valence-electron chi connectivity index (χ1n) is 5.91. The first-order chi connectivity index (χ1) is 7.79. The van der Waals surface area contributed by atoms with Gasteiger partial charge in [-0.1, -0.05) is 30.3 Å². The average Bonchev–Trinajstić information content (AvgIpc) is 2.15. The second-order valence-electron chi connectivity index (χ2n) is 5.24. The second-order valence-corrected chi connectivity index (χ2v) is 6.20. The van der Waals surface area contributed by atoms with E-state index in [0.29, 0.717) is 13.0 Å². The molecular formula is C14H22O2S. The molecule has 0 spiro atoms. The molecule has 1 aromatic carbocycles. The molecule has 0 saturated carbocycles. The van der Waals surface area contributed by atoms with Gasteiger partial charge in [-0.15, -0.1) is 12.6 Å². The van der Waals surface area contributed by atoms with Crippen molar-refractivity contribution in [1.82, 2.24) is 0 Å². The standard InChI is InChI=1S/C14H22O2S/c1-13(2,16-10-9-14(3,15)17)11-12-7-5-4-6-8-12/h4-8,15,17H,9-11H2,1-3H3. The summed E-state index contributed by atoms with van der Waals surface area (Å²) < 4.78 is 5.80. The van der Waals surface area contributed by atoms with Crippen molar-refractivity contribution in [1.29, 1.82) is 0 Å². The summed E-state index contributed by atoms with van der Waals surface area (Å²) in [6.07, 6.45) is 1.39. The van der Waals surface area contributed by atoms with Gasteiger partial charge in [0.25, 0.3) is 0 Å². The summed E-state index contributed by atoms with van der Waals surface area (Å²) in [5, 5.41) is 9.49. The van der Waals surface area contributed by atoms with Gasteiger partial charge in [-0.3, -0.25) is 0 Å². The maximum Gasteiger partial charge on any atom is 0.107 e. The zero-order valence-electron chi connectivity index (χ0n) is 10.8. The highest BCUT2D eigenvalue weighted by Gasteiger charge is 2.21. The molecule has 1 N–H and O–H groups in total. The highest BCUT2D eigenvalue weighted by atomic mass is 32.1. The third-order valence-corrected chi connectivity index (χ3v) is 2.76. The van der Waals surface area contributed by atoms with E-state index in [4.69, 9.17) is 4.74 Å². The van der Waals surface area contributed by atoms with Crippen LogP contribution in [0.1, 0.15) is 32.8 Å². The van der Waals surface area contributed by atoms with E-state index in [2.05, 4.69) is 38.6 Å². The van der Waals surface area contributed by atoms with Crippen LogP contribution in [-0.4, -0.2) is 22.2 Å². The summed E-state index contributed by atoms with van der Waals surface area (Å²) in [7, 11) is 0. The molecule has 0 fully saturated rings. The van der Waals surface area contributed by atoms with E-state index in [1.165, 1.54) is 5.56 Å². The summed E-state index contributed by atoms with van der Waals surface area (Å²) in [4.78, 5) is -0.956. The lowest BCUT2D eigenvalue weighted by Gasteiger charge is -2.27. The average molecular weight is 254 g/mol. The maximum absolute atomic E-state index is 9.49. The van der Waals surface area contributed by atoms with Crippen LogP contribution in [0.2, 0.25) is 0 Å². The summed E-state index contributed by atoms with van der Waals surface area (Å²) in [5.74, 6) is 0. The Morgan fingerprint density at radius 3 is 2.29 bits per heavy atom. The van der Waals surface area contributed by atoms with E-state index in [-0.39, 0.29) is 5.60 Å². The Bertz CT molecular complexity index is 328. The summed E-state index contributed by atoms with van der Waals surface area (Å²) in [6, 6.07) is 10.3. The molecule has 1 unspecified atom stereocenters. The van der Waals surface area contributed by atoms with Crippen LogP contribution in [-0.2, 0) is 11.2 Å². The summed E-state index contributed by atoms with van der Waals surface area (Å²) in [5.41, 5.74) is 1.04. The number of aliphatic hydroxyl groups is 1. The maximum atomic E-state index is 9.49. The molecule has 0 amide bonds. The molecule has 0 aliphatic carbocycles. The van der Waals surface area contributed by atoms with Crippen LogP contribution in [0.25, 0.3) is 0 Å². The van der Waals surface area contributed by atoms with Crippen molar-refractivity contribution in [2.45, 2.75) is 44.1 Å². The minimum atomic E-state index is -0.956. The van der Waals surface area contributed by atoms with Crippen LogP contribution >= 0.6 is 12.6 Å². The van der Waals surface area contributed by atoms with Crippen molar-refractivity contribution in [3.8, 4) is 0 Å². The Morgan fingerprint density at radius 1 is 1.18 bits per heavy atom. The number of hydrogen-bond acceptors (Lipinski definition) is 3. The first kappa shape index (κ1) is 14.6. The van der Waals surface area contributed by atoms with E-state index in [9.17, 15) is 5.11 Å². The lowest BCUT2D eigenvalue weighted by atomic mass is 9.98. The predicted molar refractivity (Wildman–Crippen MR) is 74.4 cm³/mol. The normalized spacial score (nSPS) is 15.6. The fourth-order valence-electron chi connectivity index (χ4n) is 1.66. The molecule has 0 radical (unpaired) electrons. The Morgan fingerprint density at radius 2 is 1.76 bits per heavy atom. The quantitative estimate of drug-likeness (QED) is 0.603. The van der Waals surface area contributed by atoms with Gasteiger partial charge in [0.1, 0.15) is 4.93 Å². The Kier molecular flexibility index (Phi) is 5.04. The van der Waals surface area contributed by atoms with Crippen LogP contribution in [0.5, 0.6) is 0 Å². The molecule has 0 bridgehead atoms. The molecule has 2 nitrogen and oxygen atoms in total. The van der Waals surface area contributed by atoms with E-state index < -0.39 is 4.93 Å². The van der Waals surface area contributed by atoms with Gasteiger partial charge in [-0.25, -0.2) is 0 Å². The highest BCUT2D eigenvalue weighted by molar-refractivity contribution is 7.81. The Hall–Kier alpha value is -0.510. The molecule has 17 heavy (non-hydrogen) atoms. The minimum Gasteiger partial charge on any atom is -0.380 e. The molecule has 0 heterocycles. The lowest BCUT2D eigenvalue weighted by Crippen LogP contribution is -2.30. The number of thiol groups is 1. The first-order valence-corrected chi connectivity index (χ1v) is 6.36. The number of hydrogen-bond donors (Lipinski definition) is 2. The SMILES string of the molecule is CC(O)(S)CCOC(C)(C)Cc1ccccc1. The van der Waals surface area contributed by atoms with Crippen molar-refractivity contribution >= 4 is 12.6 Å². The van der Waals surface area contributed by atoms with Crippen LogP contribution in [0.3, 0.4) is 0 Å². The fraction of sp³-hybridized carbons (Fsp3) is 0.571. The second kappa shape index (κ2) is 5.89. The molecule has 96 valence electrons. The van der Waals surface area contributed by atoms with Crippen molar-refractivity contribution in [3.63, 3.8) is 0 Å². The topological polar surface area (TPSA) is 29.5 Å².